The van der Waals surface area contributed by atoms with Gasteiger partial charge in [0.2, 0.25) is 8.13 Å². The van der Waals surface area contributed by atoms with Crippen molar-refractivity contribution in [3.8, 4) is 0 Å². The number of hydrogen-bond donors (Lipinski definition) is 0. The molecular weight excluding hydrogens is 439 g/mol. The SMILES string of the molecule is ClC(Cl)(Cl)C(Cl)(Cl)C(Cl)(Cl)C(Cl)(Cl)c1c[c]ccc1. The Morgan fingerprint density at radius 2 is 1.32 bits per heavy atom. The fourth-order valence-electron chi connectivity index (χ4n) is 1.15. The summed E-state index contributed by atoms with van der Waals surface area (Å²) in [4.78, 5) is 0. The van der Waals surface area contributed by atoms with Crippen molar-refractivity contribution in [2.24, 2.45) is 0 Å². The molecule has 0 heterocycles. The van der Waals surface area contributed by atoms with Gasteiger partial charge >= 0.3 is 0 Å². The molecule has 1 aromatic carbocycles. The maximum absolute atomic E-state index is 6.18. The fourth-order valence-corrected chi connectivity index (χ4v) is 3.36. The molecule has 0 aliphatic heterocycles. The highest BCUT2D eigenvalue weighted by Gasteiger charge is 2.68. The Balaban J connectivity index is 3.34. The molecule has 19 heavy (non-hydrogen) atoms. The van der Waals surface area contributed by atoms with Crippen LogP contribution in [0.2, 0.25) is 0 Å². The molecule has 1 rings (SSSR count). The van der Waals surface area contributed by atoms with Crippen molar-refractivity contribution in [1.82, 2.24) is 0 Å². The lowest BCUT2D eigenvalue weighted by molar-refractivity contribution is 0.600. The summed E-state index contributed by atoms with van der Waals surface area (Å²) < 4.78 is -8.69. The summed E-state index contributed by atoms with van der Waals surface area (Å²) >= 11 is 53.5. The molecule has 0 saturated heterocycles. The van der Waals surface area contributed by atoms with Gasteiger partial charge in [-0.15, -0.1) is 0 Å². The third kappa shape index (κ3) is 3.44. The summed E-state index contributed by atoms with van der Waals surface area (Å²) in [6, 6.07) is 9.02. The predicted molar refractivity (Wildman–Crippen MR) is 87.8 cm³/mol. The molecule has 0 saturated carbocycles. The molecule has 0 N–H and O–H groups in total. The summed E-state index contributed by atoms with van der Waals surface area (Å²) in [5, 5.41) is 0. The van der Waals surface area contributed by atoms with Crippen molar-refractivity contribution in [3.63, 3.8) is 0 Å². The highest BCUT2D eigenvalue weighted by molar-refractivity contribution is 6.80. The van der Waals surface area contributed by atoms with Crippen LogP contribution in [0.15, 0.2) is 24.3 Å². The van der Waals surface area contributed by atoms with Crippen molar-refractivity contribution in [3.05, 3.63) is 35.9 Å². The van der Waals surface area contributed by atoms with E-state index in [4.69, 9.17) is 104 Å². The minimum Gasteiger partial charge on any atom is -0.0943 e. The van der Waals surface area contributed by atoms with Crippen LogP contribution in [0, 0.1) is 6.07 Å². The number of alkyl halides is 9. The molecule has 0 aliphatic carbocycles. The van der Waals surface area contributed by atoms with E-state index in [9.17, 15) is 0 Å². The Labute approximate surface area is 156 Å². The molecule has 107 valence electrons. The van der Waals surface area contributed by atoms with Gasteiger partial charge in [0.25, 0.3) is 0 Å². The molecule has 0 amide bonds. The third-order valence-corrected chi connectivity index (χ3v) is 7.69. The van der Waals surface area contributed by atoms with Crippen LogP contribution in [0.3, 0.4) is 0 Å². The molecule has 1 radical (unpaired) electrons. The van der Waals surface area contributed by atoms with Gasteiger partial charge in [-0.1, -0.05) is 123 Å². The number of benzene rings is 1. The monoisotopic (exact) mass is 439 g/mol. The van der Waals surface area contributed by atoms with Crippen LogP contribution in [-0.4, -0.2) is 12.5 Å². The van der Waals surface area contributed by atoms with Crippen LogP contribution in [0.1, 0.15) is 5.56 Å². The first-order chi connectivity index (χ1) is 8.36. The Morgan fingerprint density at radius 3 is 1.68 bits per heavy atom. The van der Waals surface area contributed by atoms with E-state index in [2.05, 4.69) is 6.07 Å². The minimum atomic E-state index is -2.28. The van der Waals surface area contributed by atoms with Crippen LogP contribution in [-0.2, 0) is 4.33 Å². The summed E-state index contributed by atoms with van der Waals surface area (Å²) in [6.45, 7) is 0. The van der Waals surface area contributed by atoms with Crippen LogP contribution in [0.5, 0.6) is 0 Å². The Bertz CT molecular complexity index is 432. The lowest BCUT2D eigenvalue weighted by Gasteiger charge is -2.44. The quantitative estimate of drug-likeness (QED) is 0.449. The first-order valence-corrected chi connectivity index (χ1v) is 7.92. The minimum absolute atomic E-state index is 0.295. The topological polar surface area (TPSA) is 0 Å². The maximum atomic E-state index is 6.18. The van der Waals surface area contributed by atoms with Gasteiger partial charge < -0.3 is 0 Å². The lowest BCUT2D eigenvalue weighted by Crippen LogP contribution is -2.54. The smallest absolute Gasteiger partial charge is 0.0943 e. The second-order valence-corrected chi connectivity index (χ2v) is 9.78. The summed E-state index contributed by atoms with van der Waals surface area (Å²) in [5.74, 6) is 0. The normalized spacial score (nSPS) is 14.6. The van der Waals surface area contributed by atoms with Crippen LogP contribution in [0.25, 0.3) is 0 Å². The van der Waals surface area contributed by atoms with Gasteiger partial charge in [-0.2, -0.15) is 0 Å². The second kappa shape index (κ2) is 6.14. The van der Waals surface area contributed by atoms with Gasteiger partial charge in [0, 0.05) is 0 Å². The molecule has 0 nitrogen and oxygen atoms in total. The summed E-state index contributed by atoms with van der Waals surface area (Å²) in [5.41, 5.74) is 0.295. The van der Waals surface area contributed by atoms with Crippen LogP contribution >= 0.6 is 104 Å². The van der Waals surface area contributed by atoms with E-state index in [1.54, 1.807) is 18.2 Å². The molecule has 9 heteroatoms. The molecule has 0 spiro atoms. The van der Waals surface area contributed by atoms with E-state index in [1.807, 2.05) is 0 Å². The van der Waals surface area contributed by atoms with Crippen molar-refractivity contribution < 1.29 is 0 Å². The lowest BCUT2D eigenvalue weighted by atomic mass is 10.1. The van der Waals surface area contributed by atoms with E-state index in [-0.39, 0.29) is 0 Å². The second-order valence-electron chi connectivity index (χ2n) is 3.51. The summed E-state index contributed by atoms with van der Waals surface area (Å²) in [6.07, 6.45) is 0. The largest absolute Gasteiger partial charge is 0.226 e. The number of hydrogen-bond acceptors (Lipinski definition) is 0. The molecule has 0 aromatic heterocycles. The molecular formula is C10H4Cl9. The molecule has 0 unspecified atom stereocenters. The van der Waals surface area contributed by atoms with Gasteiger partial charge in [-0.25, -0.2) is 0 Å². The first-order valence-electron chi connectivity index (χ1n) is 4.52. The zero-order valence-corrected chi connectivity index (χ0v) is 15.5. The van der Waals surface area contributed by atoms with Gasteiger partial charge in [0.1, 0.15) is 0 Å². The van der Waals surface area contributed by atoms with Gasteiger partial charge in [-0.3, -0.25) is 0 Å². The van der Waals surface area contributed by atoms with E-state index in [1.165, 1.54) is 6.07 Å². The van der Waals surface area contributed by atoms with Gasteiger partial charge in [0.15, 0.2) is 8.67 Å². The van der Waals surface area contributed by atoms with Gasteiger partial charge in [0.05, 0.1) is 0 Å². The Kier molecular flexibility index (Phi) is 6.10. The Morgan fingerprint density at radius 1 is 0.789 bits per heavy atom. The van der Waals surface area contributed by atoms with E-state index >= 15 is 0 Å². The average Bonchev–Trinajstić information content (AvgIpc) is 2.28. The van der Waals surface area contributed by atoms with Crippen molar-refractivity contribution in [1.29, 1.82) is 0 Å². The van der Waals surface area contributed by atoms with Crippen LogP contribution < -0.4 is 0 Å². The summed E-state index contributed by atoms with van der Waals surface area (Å²) in [7, 11) is 0. The van der Waals surface area contributed by atoms with E-state index in [0.29, 0.717) is 5.56 Å². The number of halogens is 9. The zero-order valence-electron chi connectivity index (χ0n) is 8.71. The highest BCUT2D eigenvalue weighted by atomic mass is 35.6. The van der Waals surface area contributed by atoms with Gasteiger partial charge in [-0.05, 0) is 17.7 Å². The van der Waals surface area contributed by atoms with Crippen molar-refractivity contribution >= 4 is 104 Å². The molecule has 0 bridgehead atoms. The highest BCUT2D eigenvalue weighted by Crippen LogP contribution is 2.65. The number of rotatable bonds is 3. The molecule has 0 atom stereocenters. The van der Waals surface area contributed by atoms with E-state index in [0.717, 1.165) is 0 Å². The molecule has 0 aliphatic rings. The maximum Gasteiger partial charge on any atom is 0.226 e. The molecule has 1 aromatic rings. The average molecular weight is 443 g/mol. The predicted octanol–water partition coefficient (Wildman–Crippen LogP) is 6.84. The zero-order chi connectivity index (χ0) is 15.1. The standard InChI is InChI=1S/C10H4Cl9/c11-7(12,6-4-2-1-3-5-6)8(13,14)9(15,16)10(17,18)19/h1-2,4-5H. The van der Waals surface area contributed by atoms with Crippen molar-refractivity contribution in [2.75, 3.05) is 0 Å². The Hall–Kier alpha value is 1.83. The van der Waals surface area contributed by atoms with Crippen molar-refractivity contribution in [2.45, 2.75) is 16.8 Å². The van der Waals surface area contributed by atoms with Crippen LogP contribution in [0.4, 0.5) is 0 Å². The first kappa shape index (κ1) is 18.9. The third-order valence-electron chi connectivity index (χ3n) is 2.21. The van der Waals surface area contributed by atoms with E-state index < -0.39 is 16.8 Å². The molecule has 0 fully saturated rings. The fraction of sp³-hybridized carbons (Fsp3) is 0.400.